The largest absolute Gasteiger partial charge is 0.504 e. The zero-order valence-corrected chi connectivity index (χ0v) is 9.27. The first-order chi connectivity index (χ1) is 6.56. The topological polar surface area (TPSA) is 37.3 Å². The molecular formula is C10H10BrFO2. The average molecular weight is 261 g/mol. The van der Waals surface area contributed by atoms with E-state index >= 15 is 0 Å². The molecule has 0 aromatic heterocycles. The lowest BCUT2D eigenvalue weighted by atomic mass is 10.1. The van der Waals surface area contributed by atoms with Crippen molar-refractivity contribution < 1.29 is 14.3 Å². The Kier molecular flexibility index (Phi) is 3.63. The first-order valence-electron chi connectivity index (χ1n) is 4.27. The van der Waals surface area contributed by atoms with Gasteiger partial charge in [0.2, 0.25) is 0 Å². The number of aromatic hydroxyl groups is 1. The molecule has 0 amide bonds. The quantitative estimate of drug-likeness (QED) is 0.848. The van der Waals surface area contributed by atoms with Gasteiger partial charge in [-0.15, -0.1) is 0 Å². The minimum absolute atomic E-state index is 0.0405. The van der Waals surface area contributed by atoms with Crippen LogP contribution in [0.4, 0.5) is 4.39 Å². The molecule has 4 heteroatoms. The van der Waals surface area contributed by atoms with Gasteiger partial charge >= 0.3 is 0 Å². The van der Waals surface area contributed by atoms with Crippen molar-refractivity contribution in [3.8, 4) is 5.75 Å². The Morgan fingerprint density at radius 1 is 1.57 bits per heavy atom. The molecule has 76 valence electrons. The summed E-state index contributed by atoms with van der Waals surface area (Å²) in [4.78, 5) is 11.4. The van der Waals surface area contributed by atoms with Crippen molar-refractivity contribution in [2.45, 2.75) is 19.8 Å². The summed E-state index contributed by atoms with van der Waals surface area (Å²) in [5.74, 6) is -1.59. The van der Waals surface area contributed by atoms with Crippen molar-refractivity contribution >= 4 is 21.7 Å². The summed E-state index contributed by atoms with van der Waals surface area (Å²) in [5.41, 5.74) is 0.0405. The third-order valence-electron chi connectivity index (χ3n) is 1.81. The van der Waals surface area contributed by atoms with Gasteiger partial charge in [-0.25, -0.2) is 4.39 Å². The van der Waals surface area contributed by atoms with Crippen molar-refractivity contribution in [1.82, 2.24) is 0 Å². The third kappa shape index (κ3) is 2.32. The number of carbonyl (C=O) groups excluding carboxylic acids is 1. The van der Waals surface area contributed by atoms with Gasteiger partial charge in [-0.2, -0.15) is 0 Å². The van der Waals surface area contributed by atoms with Gasteiger partial charge < -0.3 is 5.11 Å². The lowest BCUT2D eigenvalue weighted by molar-refractivity contribution is 0.0978. The van der Waals surface area contributed by atoms with Gasteiger partial charge in [0, 0.05) is 10.9 Å². The molecule has 1 rings (SSSR count). The van der Waals surface area contributed by atoms with Gasteiger partial charge in [0.05, 0.1) is 5.56 Å². The summed E-state index contributed by atoms with van der Waals surface area (Å²) >= 11 is 3.06. The lowest BCUT2D eigenvalue weighted by Crippen LogP contribution is -2.00. The van der Waals surface area contributed by atoms with Crippen LogP contribution < -0.4 is 0 Å². The summed E-state index contributed by atoms with van der Waals surface area (Å²) in [6.07, 6.45) is 0.982. The molecule has 0 aliphatic carbocycles. The average Bonchev–Trinajstić information content (AvgIpc) is 2.11. The molecular weight excluding hydrogens is 251 g/mol. The Bertz CT molecular complexity index is 363. The highest BCUT2D eigenvalue weighted by Crippen LogP contribution is 2.27. The highest BCUT2D eigenvalue weighted by atomic mass is 79.9. The van der Waals surface area contributed by atoms with Crippen LogP contribution in [-0.4, -0.2) is 10.9 Å². The molecule has 0 fully saturated rings. The van der Waals surface area contributed by atoms with E-state index < -0.39 is 11.6 Å². The predicted molar refractivity (Wildman–Crippen MR) is 55.0 cm³/mol. The van der Waals surface area contributed by atoms with E-state index in [-0.39, 0.29) is 11.3 Å². The number of Topliss-reactive ketones (excluding diaryl/α,β-unsaturated/α-hetero) is 1. The highest BCUT2D eigenvalue weighted by Gasteiger charge is 2.14. The third-order valence-corrected chi connectivity index (χ3v) is 2.26. The summed E-state index contributed by atoms with van der Waals surface area (Å²) < 4.78 is 13.5. The summed E-state index contributed by atoms with van der Waals surface area (Å²) in [5, 5.41) is 9.30. The second-order valence-electron chi connectivity index (χ2n) is 2.96. The van der Waals surface area contributed by atoms with Crippen LogP contribution in [-0.2, 0) is 0 Å². The first kappa shape index (κ1) is 11.2. The SMILES string of the molecule is CCCC(=O)c1cc(Br)cc(F)c1O. The van der Waals surface area contributed by atoms with Crippen molar-refractivity contribution in [3.05, 3.63) is 28.0 Å². The maximum atomic E-state index is 13.0. The van der Waals surface area contributed by atoms with Crippen LogP contribution >= 0.6 is 15.9 Å². The number of hydrogen-bond acceptors (Lipinski definition) is 2. The number of hydrogen-bond donors (Lipinski definition) is 1. The molecule has 1 aromatic rings. The van der Waals surface area contributed by atoms with Gasteiger partial charge in [-0.3, -0.25) is 4.79 Å². The number of ketones is 1. The van der Waals surface area contributed by atoms with Crippen LogP contribution in [0.1, 0.15) is 30.1 Å². The van der Waals surface area contributed by atoms with Gasteiger partial charge in [-0.1, -0.05) is 22.9 Å². The van der Waals surface area contributed by atoms with E-state index in [1.165, 1.54) is 6.07 Å². The maximum Gasteiger partial charge on any atom is 0.166 e. The second kappa shape index (κ2) is 4.55. The predicted octanol–water partition coefficient (Wildman–Crippen LogP) is 3.28. The first-order valence-corrected chi connectivity index (χ1v) is 5.06. The smallest absolute Gasteiger partial charge is 0.166 e. The Labute approximate surface area is 89.9 Å². The Balaban J connectivity index is 3.13. The Hall–Kier alpha value is -0.900. The Morgan fingerprint density at radius 2 is 2.21 bits per heavy atom. The fourth-order valence-electron chi connectivity index (χ4n) is 1.14. The maximum absolute atomic E-state index is 13.0. The zero-order valence-electron chi connectivity index (χ0n) is 7.68. The van der Waals surface area contributed by atoms with E-state index in [0.717, 1.165) is 6.07 Å². The highest BCUT2D eigenvalue weighted by molar-refractivity contribution is 9.10. The van der Waals surface area contributed by atoms with E-state index in [1.54, 1.807) is 0 Å². The van der Waals surface area contributed by atoms with Gasteiger partial charge in [0.15, 0.2) is 17.3 Å². The number of phenolic OH excluding ortho intramolecular Hbond substituents is 1. The number of halogens is 2. The standard InChI is InChI=1S/C10H10BrFO2/c1-2-3-9(13)7-4-6(11)5-8(12)10(7)14/h4-5,14H,2-3H2,1H3. The summed E-state index contributed by atoms with van der Waals surface area (Å²) in [6, 6.07) is 2.55. The summed E-state index contributed by atoms with van der Waals surface area (Å²) in [7, 11) is 0. The minimum atomic E-state index is -0.779. The minimum Gasteiger partial charge on any atom is -0.504 e. The van der Waals surface area contributed by atoms with Crippen LogP contribution in [0.15, 0.2) is 16.6 Å². The zero-order chi connectivity index (χ0) is 10.7. The number of phenols is 1. The van der Waals surface area contributed by atoms with E-state index in [9.17, 15) is 14.3 Å². The molecule has 0 saturated carbocycles. The van der Waals surface area contributed by atoms with Crippen LogP contribution in [0.2, 0.25) is 0 Å². The molecule has 0 atom stereocenters. The molecule has 0 bridgehead atoms. The molecule has 0 aliphatic heterocycles. The number of rotatable bonds is 3. The molecule has 0 aliphatic rings. The lowest BCUT2D eigenvalue weighted by Gasteiger charge is -2.04. The van der Waals surface area contributed by atoms with Crippen LogP contribution in [0.25, 0.3) is 0 Å². The molecule has 1 N–H and O–H groups in total. The van der Waals surface area contributed by atoms with Crippen molar-refractivity contribution in [3.63, 3.8) is 0 Å². The fourth-order valence-corrected chi connectivity index (χ4v) is 1.57. The van der Waals surface area contributed by atoms with Gasteiger partial charge in [-0.05, 0) is 18.6 Å². The summed E-state index contributed by atoms with van der Waals surface area (Å²) in [6.45, 7) is 1.85. The second-order valence-corrected chi connectivity index (χ2v) is 3.87. The molecule has 0 spiro atoms. The molecule has 0 unspecified atom stereocenters. The van der Waals surface area contributed by atoms with Crippen molar-refractivity contribution in [2.75, 3.05) is 0 Å². The van der Waals surface area contributed by atoms with E-state index in [2.05, 4.69) is 15.9 Å². The molecule has 14 heavy (non-hydrogen) atoms. The monoisotopic (exact) mass is 260 g/mol. The molecule has 0 radical (unpaired) electrons. The van der Waals surface area contributed by atoms with Crippen molar-refractivity contribution in [1.29, 1.82) is 0 Å². The van der Waals surface area contributed by atoms with E-state index in [4.69, 9.17) is 0 Å². The number of benzene rings is 1. The molecule has 2 nitrogen and oxygen atoms in total. The molecule has 1 aromatic carbocycles. The Morgan fingerprint density at radius 3 is 2.79 bits per heavy atom. The van der Waals surface area contributed by atoms with E-state index in [0.29, 0.717) is 17.3 Å². The molecule has 0 saturated heterocycles. The van der Waals surface area contributed by atoms with E-state index in [1.807, 2.05) is 6.92 Å². The van der Waals surface area contributed by atoms with Crippen LogP contribution in [0.3, 0.4) is 0 Å². The van der Waals surface area contributed by atoms with Crippen molar-refractivity contribution in [2.24, 2.45) is 0 Å². The molecule has 0 heterocycles. The van der Waals surface area contributed by atoms with Crippen LogP contribution in [0, 0.1) is 5.82 Å². The number of carbonyl (C=O) groups is 1. The van der Waals surface area contributed by atoms with Gasteiger partial charge in [0.1, 0.15) is 0 Å². The normalized spacial score (nSPS) is 10.2. The van der Waals surface area contributed by atoms with Crippen LogP contribution in [0.5, 0.6) is 5.75 Å². The fraction of sp³-hybridized carbons (Fsp3) is 0.300. The van der Waals surface area contributed by atoms with Gasteiger partial charge in [0.25, 0.3) is 0 Å².